The van der Waals surface area contributed by atoms with Crippen molar-refractivity contribution in [2.24, 2.45) is 0 Å². The molecule has 2 aromatic rings. The highest BCUT2D eigenvalue weighted by Crippen LogP contribution is 2.25. The number of anilines is 1. The molecular weight excluding hydrogens is 260 g/mol. The van der Waals surface area contributed by atoms with E-state index in [1.807, 2.05) is 30.3 Å². The minimum Gasteiger partial charge on any atom is -0.353 e. The van der Waals surface area contributed by atoms with E-state index in [4.69, 9.17) is 4.98 Å². The molecule has 3 heteroatoms. The minimum atomic E-state index is 0.379. The van der Waals surface area contributed by atoms with Gasteiger partial charge in [-0.1, -0.05) is 38.5 Å². The lowest BCUT2D eigenvalue weighted by Gasteiger charge is -2.31. The molecule has 0 fully saturated rings. The number of unbranched alkanes of at least 4 members (excludes halogenated alkanes) is 1. The SMILES string of the molecule is CCCCN(c1nc2ccccc2cc1C=O)C(C)CC. The highest BCUT2D eigenvalue weighted by molar-refractivity contribution is 5.91. The summed E-state index contributed by atoms with van der Waals surface area (Å²) in [6.45, 7) is 7.49. The molecule has 0 aliphatic heterocycles. The molecule has 1 aromatic heterocycles. The van der Waals surface area contributed by atoms with E-state index in [2.05, 4.69) is 25.7 Å². The van der Waals surface area contributed by atoms with Gasteiger partial charge in [0.15, 0.2) is 6.29 Å². The summed E-state index contributed by atoms with van der Waals surface area (Å²) in [6.07, 6.45) is 4.21. The number of carbonyl (C=O) groups excluding carboxylic acids is 1. The fourth-order valence-corrected chi connectivity index (χ4v) is 2.52. The fourth-order valence-electron chi connectivity index (χ4n) is 2.52. The van der Waals surface area contributed by atoms with Gasteiger partial charge in [-0.25, -0.2) is 4.98 Å². The largest absolute Gasteiger partial charge is 0.353 e. The van der Waals surface area contributed by atoms with Crippen LogP contribution in [0.5, 0.6) is 0 Å². The van der Waals surface area contributed by atoms with E-state index in [-0.39, 0.29) is 0 Å². The molecule has 0 radical (unpaired) electrons. The first-order valence-electron chi connectivity index (χ1n) is 7.82. The lowest BCUT2D eigenvalue weighted by molar-refractivity contribution is 0.112. The topological polar surface area (TPSA) is 33.2 Å². The molecule has 0 spiro atoms. The monoisotopic (exact) mass is 284 g/mol. The first-order chi connectivity index (χ1) is 10.2. The second kappa shape index (κ2) is 7.21. The molecule has 0 bridgehead atoms. The number of hydrogen-bond acceptors (Lipinski definition) is 3. The van der Waals surface area contributed by atoms with Gasteiger partial charge in [-0.2, -0.15) is 0 Å². The van der Waals surface area contributed by atoms with Gasteiger partial charge in [0.05, 0.1) is 11.1 Å². The molecule has 1 heterocycles. The summed E-state index contributed by atoms with van der Waals surface area (Å²) in [6, 6.07) is 10.3. The van der Waals surface area contributed by atoms with E-state index in [9.17, 15) is 4.79 Å². The summed E-state index contributed by atoms with van der Waals surface area (Å²) in [5, 5.41) is 1.02. The van der Waals surface area contributed by atoms with Crippen LogP contribution in [0.15, 0.2) is 30.3 Å². The molecule has 1 unspecified atom stereocenters. The average molecular weight is 284 g/mol. The van der Waals surface area contributed by atoms with Crippen LogP contribution < -0.4 is 4.90 Å². The second-order valence-corrected chi connectivity index (χ2v) is 5.52. The first kappa shape index (κ1) is 15.5. The van der Waals surface area contributed by atoms with E-state index < -0.39 is 0 Å². The van der Waals surface area contributed by atoms with Crippen LogP contribution in [0.4, 0.5) is 5.82 Å². The Hall–Kier alpha value is -1.90. The molecular formula is C18H24N2O. The average Bonchev–Trinajstić information content (AvgIpc) is 2.54. The van der Waals surface area contributed by atoms with Crippen LogP contribution in [-0.4, -0.2) is 23.9 Å². The summed E-state index contributed by atoms with van der Waals surface area (Å²) in [5.41, 5.74) is 1.63. The smallest absolute Gasteiger partial charge is 0.153 e. The third-order valence-electron chi connectivity index (χ3n) is 4.01. The number of aldehydes is 1. The van der Waals surface area contributed by atoms with Crippen LogP contribution in [0.3, 0.4) is 0 Å². The summed E-state index contributed by atoms with van der Waals surface area (Å²) in [5.74, 6) is 0.825. The van der Waals surface area contributed by atoms with Crippen molar-refractivity contribution in [3.63, 3.8) is 0 Å². The number of para-hydroxylation sites is 1. The molecule has 3 nitrogen and oxygen atoms in total. The van der Waals surface area contributed by atoms with Gasteiger partial charge < -0.3 is 4.90 Å². The Labute approximate surface area is 127 Å². The molecule has 0 N–H and O–H groups in total. The number of hydrogen-bond donors (Lipinski definition) is 0. The van der Waals surface area contributed by atoms with Crippen molar-refractivity contribution in [2.75, 3.05) is 11.4 Å². The molecule has 0 saturated carbocycles. The lowest BCUT2D eigenvalue weighted by Crippen LogP contribution is -2.35. The predicted molar refractivity (Wildman–Crippen MR) is 89.1 cm³/mol. The van der Waals surface area contributed by atoms with E-state index in [0.717, 1.165) is 48.8 Å². The van der Waals surface area contributed by atoms with Crippen LogP contribution in [0.1, 0.15) is 50.4 Å². The molecule has 21 heavy (non-hydrogen) atoms. The molecule has 2 rings (SSSR count). The Morgan fingerprint density at radius 2 is 2.05 bits per heavy atom. The zero-order valence-electron chi connectivity index (χ0n) is 13.2. The quantitative estimate of drug-likeness (QED) is 0.704. The maximum atomic E-state index is 11.5. The third kappa shape index (κ3) is 3.41. The number of aromatic nitrogens is 1. The highest BCUT2D eigenvalue weighted by Gasteiger charge is 2.18. The van der Waals surface area contributed by atoms with Crippen LogP contribution in [0.25, 0.3) is 10.9 Å². The second-order valence-electron chi connectivity index (χ2n) is 5.52. The van der Waals surface area contributed by atoms with Gasteiger partial charge in [0.2, 0.25) is 0 Å². The third-order valence-corrected chi connectivity index (χ3v) is 4.01. The van der Waals surface area contributed by atoms with E-state index in [0.29, 0.717) is 11.6 Å². The van der Waals surface area contributed by atoms with Gasteiger partial charge in [-0.15, -0.1) is 0 Å². The standard InChI is InChI=1S/C18H24N2O/c1-4-6-11-20(14(3)5-2)18-16(13-21)12-15-9-7-8-10-17(15)19-18/h7-10,12-14H,4-6,11H2,1-3H3. The van der Waals surface area contributed by atoms with Crippen molar-refractivity contribution < 1.29 is 4.79 Å². The number of benzene rings is 1. The molecule has 0 aliphatic carbocycles. The summed E-state index contributed by atoms with van der Waals surface area (Å²) in [4.78, 5) is 18.5. The number of rotatable bonds is 7. The maximum absolute atomic E-state index is 11.5. The van der Waals surface area contributed by atoms with Crippen LogP contribution in [-0.2, 0) is 0 Å². The number of fused-ring (bicyclic) bond motifs is 1. The summed E-state index contributed by atoms with van der Waals surface area (Å²) in [7, 11) is 0. The van der Waals surface area contributed by atoms with Crippen molar-refractivity contribution >= 4 is 23.0 Å². The van der Waals surface area contributed by atoms with Gasteiger partial charge in [-0.3, -0.25) is 4.79 Å². The Morgan fingerprint density at radius 3 is 2.71 bits per heavy atom. The highest BCUT2D eigenvalue weighted by atomic mass is 16.1. The normalized spacial score (nSPS) is 12.3. The molecule has 0 saturated heterocycles. The van der Waals surface area contributed by atoms with E-state index in [1.54, 1.807) is 0 Å². The van der Waals surface area contributed by atoms with Crippen molar-refractivity contribution in [3.8, 4) is 0 Å². The van der Waals surface area contributed by atoms with Crippen molar-refractivity contribution in [1.82, 2.24) is 4.98 Å². The minimum absolute atomic E-state index is 0.379. The summed E-state index contributed by atoms with van der Waals surface area (Å²) < 4.78 is 0. The zero-order chi connectivity index (χ0) is 15.2. The molecule has 1 atom stereocenters. The van der Waals surface area contributed by atoms with Crippen molar-refractivity contribution in [1.29, 1.82) is 0 Å². The maximum Gasteiger partial charge on any atom is 0.153 e. The van der Waals surface area contributed by atoms with Gasteiger partial charge >= 0.3 is 0 Å². The zero-order valence-corrected chi connectivity index (χ0v) is 13.2. The molecule has 0 aliphatic rings. The van der Waals surface area contributed by atoms with Crippen molar-refractivity contribution in [2.45, 2.75) is 46.1 Å². The molecule has 0 amide bonds. The van der Waals surface area contributed by atoms with Gasteiger partial charge in [0, 0.05) is 18.0 Å². The van der Waals surface area contributed by atoms with E-state index in [1.165, 1.54) is 0 Å². The number of carbonyl (C=O) groups is 1. The number of nitrogens with zero attached hydrogens (tertiary/aromatic N) is 2. The van der Waals surface area contributed by atoms with Crippen LogP contribution in [0.2, 0.25) is 0 Å². The molecule has 112 valence electrons. The Balaban J connectivity index is 2.51. The number of pyridine rings is 1. The fraction of sp³-hybridized carbons (Fsp3) is 0.444. The van der Waals surface area contributed by atoms with Gasteiger partial charge in [0.1, 0.15) is 5.82 Å². The first-order valence-corrected chi connectivity index (χ1v) is 7.82. The summed E-state index contributed by atoms with van der Waals surface area (Å²) >= 11 is 0. The van der Waals surface area contributed by atoms with E-state index >= 15 is 0 Å². The lowest BCUT2D eigenvalue weighted by atomic mass is 10.1. The Kier molecular flexibility index (Phi) is 5.32. The van der Waals surface area contributed by atoms with Crippen LogP contribution >= 0.6 is 0 Å². The predicted octanol–water partition coefficient (Wildman–Crippen LogP) is 4.45. The van der Waals surface area contributed by atoms with Gasteiger partial charge in [-0.05, 0) is 31.9 Å². The Bertz CT molecular complexity index is 609. The van der Waals surface area contributed by atoms with Crippen molar-refractivity contribution in [3.05, 3.63) is 35.9 Å². The van der Waals surface area contributed by atoms with Crippen LogP contribution in [0, 0.1) is 0 Å². The Morgan fingerprint density at radius 1 is 1.29 bits per heavy atom. The van der Waals surface area contributed by atoms with Gasteiger partial charge in [0.25, 0.3) is 0 Å². The molecule has 1 aromatic carbocycles.